The Labute approximate surface area is 255 Å². The molecule has 0 radical (unpaired) electrons. The van der Waals surface area contributed by atoms with Gasteiger partial charge in [0.1, 0.15) is 5.70 Å². The first kappa shape index (κ1) is 29.7. The van der Waals surface area contributed by atoms with Gasteiger partial charge in [0.25, 0.3) is 11.8 Å². The van der Waals surface area contributed by atoms with E-state index >= 15 is 0 Å². The summed E-state index contributed by atoms with van der Waals surface area (Å²) in [7, 11) is 0. The summed E-state index contributed by atoms with van der Waals surface area (Å²) in [5.74, 6) is -0.897. The van der Waals surface area contributed by atoms with Crippen LogP contribution in [0.25, 0.3) is 6.08 Å². The number of ketones is 1. The first-order chi connectivity index (χ1) is 19.2. The van der Waals surface area contributed by atoms with E-state index in [1.165, 1.54) is 17.8 Å². The summed E-state index contributed by atoms with van der Waals surface area (Å²) in [6, 6.07) is 25.1. The molecule has 0 spiro atoms. The lowest BCUT2D eigenvalue weighted by Crippen LogP contribution is -2.30. The van der Waals surface area contributed by atoms with Crippen molar-refractivity contribution in [3.63, 3.8) is 0 Å². The fourth-order valence-corrected chi connectivity index (χ4v) is 5.01. The van der Waals surface area contributed by atoms with Crippen molar-refractivity contribution < 1.29 is 14.4 Å². The lowest BCUT2D eigenvalue weighted by atomic mass is 10.1. The number of hydrogen-bond donors (Lipinski definition) is 2. The summed E-state index contributed by atoms with van der Waals surface area (Å²) in [4.78, 5) is 39.4. The van der Waals surface area contributed by atoms with E-state index in [-0.39, 0.29) is 17.2 Å². The Balaban J connectivity index is 1.46. The van der Waals surface area contributed by atoms with Crippen LogP contribution in [0.3, 0.4) is 0 Å². The normalized spacial score (nSPS) is 11.2. The maximum absolute atomic E-state index is 13.2. The van der Waals surface area contributed by atoms with Gasteiger partial charge in [0.15, 0.2) is 5.78 Å². The van der Waals surface area contributed by atoms with Gasteiger partial charge in [-0.25, -0.2) is 0 Å². The molecular weight excluding hydrogens is 610 g/mol. The third kappa shape index (κ3) is 8.13. The van der Waals surface area contributed by atoms with Crippen LogP contribution in [-0.4, -0.2) is 23.4 Å². The van der Waals surface area contributed by atoms with Crippen LogP contribution in [0, 0.1) is 0 Å². The maximum Gasteiger partial charge on any atom is 0.272 e. The number of halogens is 4. The largest absolute Gasteiger partial charge is 0.321 e. The number of carbonyl (C=O) groups excluding carboxylic acids is 3. The predicted molar refractivity (Wildman–Crippen MR) is 165 cm³/mol. The molecule has 2 amide bonds. The molecule has 0 aromatic heterocycles. The van der Waals surface area contributed by atoms with Crippen LogP contribution in [-0.2, 0) is 4.79 Å². The number of Topliss-reactive ketones (excluding diaryl/α,β-unsaturated/α-hetero) is 1. The number of carbonyl (C=O) groups is 3. The lowest BCUT2D eigenvalue weighted by molar-refractivity contribution is -0.113. The van der Waals surface area contributed by atoms with Crippen LogP contribution < -0.4 is 10.6 Å². The Kier molecular flexibility index (Phi) is 10.3. The fraction of sp³-hybridized carbons (Fsp3) is 0.0333. The molecule has 40 heavy (non-hydrogen) atoms. The number of hydrogen-bond acceptors (Lipinski definition) is 4. The molecule has 0 atom stereocenters. The molecule has 0 saturated carbocycles. The summed E-state index contributed by atoms with van der Waals surface area (Å²) < 4.78 is 0. The fourth-order valence-electron chi connectivity index (χ4n) is 3.45. The van der Waals surface area contributed by atoms with Gasteiger partial charge in [0.2, 0.25) is 0 Å². The average Bonchev–Trinajstić information content (AvgIpc) is 2.95. The smallest absolute Gasteiger partial charge is 0.272 e. The molecule has 10 heteroatoms. The van der Waals surface area contributed by atoms with Crippen molar-refractivity contribution in [2.24, 2.45) is 0 Å². The van der Waals surface area contributed by atoms with E-state index in [2.05, 4.69) is 10.6 Å². The zero-order chi connectivity index (χ0) is 28.6. The molecule has 0 heterocycles. The van der Waals surface area contributed by atoms with Crippen molar-refractivity contribution in [2.45, 2.75) is 4.90 Å². The van der Waals surface area contributed by atoms with E-state index in [0.717, 1.165) is 4.90 Å². The van der Waals surface area contributed by atoms with Gasteiger partial charge in [-0.15, -0.1) is 11.8 Å². The Hall–Kier alpha value is -3.26. The highest BCUT2D eigenvalue weighted by Gasteiger charge is 2.16. The SMILES string of the molecule is O=C(Nc1ccc(SCC(=O)c2ccc(Cl)c(Cl)c2)cc1)/C(=C/c1ccc(Cl)cc1Cl)NC(=O)c1ccccc1. The predicted octanol–water partition coefficient (Wildman–Crippen LogP) is 8.68. The first-order valence-corrected chi connectivity index (χ1v) is 14.2. The first-order valence-electron chi connectivity index (χ1n) is 11.8. The topological polar surface area (TPSA) is 75.3 Å². The number of nitrogens with one attached hydrogen (secondary N) is 2. The second-order valence-electron chi connectivity index (χ2n) is 8.36. The Morgan fingerprint density at radius 3 is 2.12 bits per heavy atom. The van der Waals surface area contributed by atoms with E-state index in [9.17, 15) is 14.4 Å². The maximum atomic E-state index is 13.2. The molecule has 4 aromatic carbocycles. The molecule has 4 rings (SSSR count). The highest BCUT2D eigenvalue weighted by molar-refractivity contribution is 8.00. The van der Waals surface area contributed by atoms with E-state index in [1.807, 2.05) is 0 Å². The van der Waals surface area contributed by atoms with Crippen molar-refractivity contribution >= 4 is 87.5 Å². The second kappa shape index (κ2) is 13.9. The van der Waals surface area contributed by atoms with Gasteiger partial charge in [-0.1, -0.05) is 70.7 Å². The van der Waals surface area contributed by atoms with Crippen LogP contribution in [0.4, 0.5) is 5.69 Å². The molecule has 0 aliphatic rings. The molecule has 0 saturated heterocycles. The number of benzene rings is 4. The van der Waals surface area contributed by atoms with Crippen LogP contribution in [0.5, 0.6) is 0 Å². The van der Waals surface area contributed by atoms with Crippen LogP contribution in [0.1, 0.15) is 26.3 Å². The Bertz CT molecular complexity index is 1590. The molecule has 202 valence electrons. The van der Waals surface area contributed by atoms with Gasteiger partial charge in [-0.05, 0) is 78.4 Å². The number of anilines is 1. The van der Waals surface area contributed by atoms with E-state index in [1.54, 1.807) is 91.0 Å². The van der Waals surface area contributed by atoms with Crippen molar-refractivity contribution in [2.75, 3.05) is 11.1 Å². The summed E-state index contributed by atoms with van der Waals surface area (Å²) in [5, 5.41) is 6.93. The van der Waals surface area contributed by atoms with Crippen molar-refractivity contribution in [3.8, 4) is 0 Å². The summed E-state index contributed by atoms with van der Waals surface area (Å²) in [6.07, 6.45) is 1.48. The van der Waals surface area contributed by atoms with Crippen LogP contribution in [0.2, 0.25) is 20.1 Å². The zero-order valence-corrected chi connectivity index (χ0v) is 24.4. The molecule has 0 aliphatic carbocycles. The number of rotatable bonds is 9. The van der Waals surface area contributed by atoms with Crippen LogP contribution in [0.15, 0.2) is 102 Å². The van der Waals surface area contributed by atoms with E-state index in [4.69, 9.17) is 46.4 Å². The van der Waals surface area contributed by atoms with Crippen molar-refractivity contribution in [1.29, 1.82) is 0 Å². The third-order valence-electron chi connectivity index (χ3n) is 5.51. The third-order valence-corrected chi connectivity index (χ3v) is 7.83. The molecule has 0 bridgehead atoms. The van der Waals surface area contributed by atoms with Crippen molar-refractivity contribution in [1.82, 2.24) is 5.32 Å². The van der Waals surface area contributed by atoms with Gasteiger partial charge in [-0.2, -0.15) is 0 Å². The van der Waals surface area contributed by atoms with Gasteiger partial charge in [0, 0.05) is 31.8 Å². The van der Waals surface area contributed by atoms with E-state index in [0.29, 0.717) is 42.5 Å². The number of thioether (sulfide) groups is 1. The average molecular weight is 630 g/mol. The van der Waals surface area contributed by atoms with Gasteiger partial charge < -0.3 is 10.6 Å². The Morgan fingerprint density at radius 1 is 0.725 bits per heavy atom. The summed E-state index contributed by atoms with van der Waals surface area (Å²) in [5.41, 5.74) is 1.85. The van der Waals surface area contributed by atoms with Gasteiger partial charge in [0.05, 0.1) is 15.8 Å². The molecule has 0 aliphatic heterocycles. The molecular formula is C30H20Cl4N2O3S. The minimum atomic E-state index is -0.550. The highest BCUT2D eigenvalue weighted by Crippen LogP contribution is 2.26. The highest BCUT2D eigenvalue weighted by atomic mass is 35.5. The Morgan fingerprint density at radius 2 is 1.45 bits per heavy atom. The van der Waals surface area contributed by atoms with Crippen molar-refractivity contribution in [3.05, 3.63) is 133 Å². The molecule has 5 nitrogen and oxygen atoms in total. The summed E-state index contributed by atoms with van der Waals surface area (Å²) >= 11 is 25.6. The molecule has 0 fully saturated rings. The molecule has 2 N–H and O–H groups in total. The zero-order valence-electron chi connectivity index (χ0n) is 20.6. The van der Waals surface area contributed by atoms with E-state index < -0.39 is 11.8 Å². The van der Waals surface area contributed by atoms with Crippen LogP contribution >= 0.6 is 58.2 Å². The van der Waals surface area contributed by atoms with Gasteiger partial charge in [-0.3, -0.25) is 14.4 Å². The second-order valence-corrected chi connectivity index (χ2v) is 11.1. The minimum absolute atomic E-state index is 0.0104. The molecule has 0 unspecified atom stereocenters. The van der Waals surface area contributed by atoms with Gasteiger partial charge >= 0.3 is 0 Å². The lowest BCUT2D eigenvalue weighted by Gasteiger charge is -2.12. The quantitative estimate of drug-likeness (QED) is 0.110. The molecule has 4 aromatic rings. The number of amides is 2. The summed E-state index contributed by atoms with van der Waals surface area (Å²) in [6.45, 7) is 0. The minimum Gasteiger partial charge on any atom is -0.321 e. The monoisotopic (exact) mass is 628 g/mol. The standard InChI is InChI=1S/C30H20Cl4N2O3S/c31-21-8-6-19(25(33)16-21)15-27(36-29(38)18-4-2-1-3-5-18)30(39)35-22-9-11-23(12-10-22)40-17-28(37)20-7-13-24(32)26(34)14-20/h1-16H,17H2,(H,35,39)(H,36,38)/b27-15-.